The fourth-order valence-electron chi connectivity index (χ4n) is 1.91. The van der Waals surface area contributed by atoms with E-state index in [0.29, 0.717) is 6.54 Å². The average Bonchev–Trinajstić information content (AvgIpc) is 2.48. The molecule has 2 N–H and O–H groups in total. The molecule has 2 aromatic carbocycles. The van der Waals surface area contributed by atoms with Crippen LogP contribution in [0.15, 0.2) is 36.4 Å². The first-order chi connectivity index (χ1) is 9.63. The van der Waals surface area contributed by atoms with E-state index in [4.69, 9.17) is 9.47 Å². The molecule has 0 heterocycles. The number of hydrogen-bond donors (Lipinski definition) is 2. The van der Waals surface area contributed by atoms with Crippen LogP contribution in [0.5, 0.6) is 17.2 Å². The molecule has 4 nitrogen and oxygen atoms in total. The van der Waals surface area contributed by atoms with Crippen molar-refractivity contribution in [2.45, 2.75) is 13.5 Å². The second-order valence-electron chi connectivity index (χ2n) is 4.53. The number of hydrogen-bond acceptors (Lipinski definition) is 4. The molecule has 0 saturated heterocycles. The van der Waals surface area contributed by atoms with Crippen molar-refractivity contribution in [3.63, 3.8) is 0 Å². The van der Waals surface area contributed by atoms with Crippen molar-refractivity contribution in [3.8, 4) is 17.2 Å². The number of aryl methyl sites for hydroxylation is 1. The predicted octanol–water partition coefficient (Wildman–Crippen LogP) is 3.33. The minimum absolute atomic E-state index is 0.289. The molecule has 0 aliphatic heterocycles. The Hall–Kier alpha value is -2.36. The minimum atomic E-state index is 0.289. The lowest BCUT2D eigenvalue weighted by Gasteiger charge is -2.12. The Morgan fingerprint density at radius 1 is 1.05 bits per heavy atom. The number of phenols is 1. The summed E-state index contributed by atoms with van der Waals surface area (Å²) in [6, 6.07) is 11.2. The molecule has 20 heavy (non-hydrogen) atoms. The summed E-state index contributed by atoms with van der Waals surface area (Å²) in [5.74, 6) is 1.82. The maximum absolute atomic E-state index is 9.69. The van der Waals surface area contributed by atoms with E-state index in [-0.39, 0.29) is 5.75 Å². The van der Waals surface area contributed by atoms with Gasteiger partial charge in [-0.25, -0.2) is 0 Å². The van der Waals surface area contributed by atoms with Crippen molar-refractivity contribution < 1.29 is 14.6 Å². The number of aromatic hydroxyl groups is 1. The van der Waals surface area contributed by atoms with E-state index in [0.717, 1.165) is 28.3 Å². The Labute approximate surface area is 119 Å². The third-order valence-electron chi connectivity index (χ3n) is 3.19. The average molecular weight is 273 g/mol. The van der Waals surface area contributed by atoms with Gasteiger partial charge in [-0.15, -0.1) is 0 Å². The molecule has 0 atom stereocenters. The third-order valence-corrected chi connectivity index (χ3v) is 3.19. The molecule has 0 fully saturated rings. The summed E-state index contributed by atoms with van der Waals surface area (Å²) in [5, 5.41) is 12.9. The second kappa shape index (κ2) is 6.19. The summed E-state index contributed by atoms with van der Waals surface area (Å²) < 4.78 is 10.5. The highest BCUT2D eigenvalue weighted by atomic mass is 16.5. The van der Waals surface area contributed by atoms with Crippen molar-refractivity contribution in [2.75, 3.05) is 19.5 Å². The van der Waals surface area contributed by atoms with Gasteiger partial charge >= 0.3 is 0 Å². The fraction of sp³-hybridized carbons (Fsp3) is 0.250. The van der Waals surface area contributed by atoms with E-state index in [2.05, 4.69) is 5.32 Å². The largest absolute Gasteiger partial charge is 0.508 e. The van der Waals surface area contributed by atoms with E-state index in [9.17, 15) is 5.11 Å². The van der Waals surface area contributed by atoms with E-state index in [1.165, 1.54) is 0 Å². The van der Waals surface area contributed by atoms with Crippen molar-refractivity contribution in [1.82, 2.24) is 0 Å². The van der Waals surface area contributed by atoms with Crippen LogP contribution in [0, 0.1) is 6.92 Å². The molecule has 0 aromatic heterocycles. The van der Waals surface area contributed by atoms with Crippen molar-refractivity contribution in [1.29, 1.82) is 0 Å². The van der Waals surface area contributed by atoms with Crippen LogP contribution in [0.1, 0.15) is 11.1 Å². The van der Waals surface area contributed by atoms with Gasteiger partial charge in [-0.2, -0.15) is 0 Å². The molecule has 0 amide bonds. The summed E-state index contributed by atoms with van der Waals surface area (Å²) in [5.41, 5.74) is 2.75. The zero-order valence-electron chi connectivity index (χ0n) is 11.9. The van der Waals surface area contributed by atoms with Crippen LogP contribution in [-0.4, -0.2) is 19.3 Å². The van der Waals surface area contributed by atoms with Gasteiger partial charge in [0.15, 0.2) is 0 Å². The van der Waals surface area contributed by atoms with Crippen LogP contribution >= 0.6 is 0 Å². The summed E-state index contributed by atoms with van der Waals surface area (Å²) in [4.78, 5) is 0. The molecule has 4 heteroatoms. The number of anilines is 1. The highest BCUT2D eigenvalue weighted by molar-refractivity contribution is 5.52. The van der Waals surface area contributed by atoms with Gasteiger partial charge in [0.1, 0.15) is 17.2 Å². The number of benzene rings is 2. The normalized spacial score (nSPS) is 10.2. The first kappa shape index (κ1) is 14.1. The SMILES string of the molecule is COc1ccc(CNc2ccc(C)c(O)c2)c(OC)c1. The second-order valence-corrected chi connectivity index (χ2v) is 4.53. The highest BCUT2D eigenvalue weighted by Crippen LogP contribution is 2.26. The van der Waals surface area contributed by atoms with Crippen LogP contribution in [-0.2, 0) is 6.54 Å². The highest BCUT2D eigenvalue weighted by Gasteiger charge is 2.05. The smallest absolute Gasteiger partial charge is 0.127 e. The monoisotopic (exact) mass is 273 g/mol. The lowest BCUT2D eigenvalue weighted by Crippen LogP contribution is -2.02. The third kappa shape index (κ3) is 3.15. The summed E-state index contributed by atoms with van der Waals surface area (Å²) in [7, 11) is 3.26. The van der Waals surface area contributed by atoms with Gasteiger partial charge in [-0.05, 0) is 30.7 Å². The molecule has 0 radical (unpaired) electrons. The van der Waals surface area contributed by atoms with Crippen molar-refractivity contribution >= 4 is 5.69 Å². The number of nitrogens with one attached hydrogen (secondary N) is 1. The Kier molecular flexibility index (Phi) is 4.35. The molecule has 2 rings (SSSR count). The summed E-state index contributed by atoms with van der Waals surface area (Å²) in [6.07, 6.45) is 0. The van der Waals surface area contributed by atoms with Crippen LogP contribution in [0.2, 0.25) is 0 Å². The van der Waals surface area contributed by atoms with Gasteiger partial charge in [0.05, 0.1) is 14.2 Å². The standard InChI is InChI=1S/C16H19NO3/c1-11-4-6-13(8-15(11)18)17-10-12-5-7-14(19-2)9-16(12)20-3/h4-9,17-18H,10H2,1-3H3. The Morgan fingerprint density at radius 3 is 2.50 bits per heavy atom. The first-order valence-corrected chi connectivity index (χ1v) is 6.38. The van der Waals surface area contributed by atoms with Crippen LogP contribution in [0.3, 0.4) is 0 Å². The summed E-state index contributed by atoms with van der Waals surface area (Å²) in [6.45, 7) is 2.47. The van der Waals surface area contributed by atoms with Gasteiger partial charge < -0.3 is 19.9 Å². The number of rotatable bonds is 5. The maximum atomic E-state index is 9.69. The van der Waals surface area contributed by atoms with Gasteiger partial charge in [0, 0.05) is 29.9 Å². The Bertz CT molecular complexity index is 596. The lowest BCUT2D eigenvalue weighted by atomic mass is 10.1. The van der Waals surface area contributed by atoms with Crippen LogP contribution in [0.25, 0.3) is 0 Å². The fourth-order valence-corrected chi connectivity index (χ4v) is 1.91. The van der Waals surface area contributed by atoms with E-state index < -0.39 is 0 Å². The molecule has 0 aliphatic rings. The van der Waals surface area contributed by atoms with Crippen molar-refractivity contribution in [3.05, 3.63) is 47.5 Å². The van der Waals surface area contributed by atoms with Crippen LogP contribution < -0.4 is 14.8 Å². The first-order valence-electron chi connectivity index (χ1n) is 6.38. The van der Waals surface area contributed by atoms with E-state index >= 15 is 0 Å². The van der Waals surface area contributed by atoms with E-state index in [1.807, 2.05) is 37.3 Å². The number of ether oxygens (including phenoxy) is 2. The molecule has 2 aromatic rings. The predicted molar refractivity (Wildman–Crippen MR) is 79.7 cm³/mol. The van der Waals surface area contributed by atoms with Crippen LogP contribution in [0.4, 0.5) is 5.69 Å². The summed E-state index contributed by atoms with van der Waals surface area (Å²) >= 11 is 0. The molecule has 0 saturated carbocycles. The van der Waals surface area contributed by atoms with E-state index in [1.54, 1.807) is 20.3 Å². The Balaban J connectivity index is 2.12. The molecule has 0 aliphatic carbocycles. The number of methoxy groups -OCH3 is 2. The Morgan fingerprint density at radius 2 is 1.85 bits per heavy atom. The molecular weight excluding hydrogens is 254 g/mol. The minimum Gasteiger partial charge on any atom is -0.508 e. The van der Waals surface area contributed by atoms with Gasteiger partial charge in [-0.3, -0.25) is 0 Å². The zero-order chi connectivity index (χ0) is 14.5. The van der Waals surface area contributed by atoms with Crippen molar-refractivity contribution in [2.24, 2.45) is 0 Å². The number of phenolic OH excluding ortho intramolecular Hbond substituents is 1. The lowest BCUT2D eigenvalue weighted by molar-refractivity contribution is 0.391. The molecule has 106 valence electrons. The zero-order valence-corrected chi connectivity index (χ0v) is 11.9. The van der Waals surface area contributed by atoms with Gasteiger partial charge in [-0.1, -0.05) is 6.07 Å². The molecular formula is C16H19NO3. The molecule has 0 bridgehead atoms. The molecule has 0 spiro atoms. The topological polar surface area (TPSA) is 50.7 Å². The van der Waals surface area contributed by atoms with Gasteiger partial charge in [0.2, 0.25) is 0 Å². The maximum Gasteiger partial charge on any atom is 0.127 e. The van der Waals surface area contributed by atoms with Gasteiger partial charge in [0.25, 0.3) is 0 Å². The quantitative estimate of drug-likeness (QED) is 0.877. The molecule has 0 unspecified atom stereocenters.